The maximum atomic E-state index is 12.9. The molecule has 1 amide bonds. The molecule has 3 nitrogen and oxygen atoms in total. The first-order valence-electron chi connectivity index (χ1n) is 5.40. The standard InChI is InChI=1S/C12H16ClFN2O.ClH/c1-7(15)5-12(17)16-8(2)10-4-3-9(14)6-11(10)13;/h3-4,6-8H,5,15H2,1-2H3,(H,16,17);1H. The molecule has 0 fully saturated rings. The largest absolute Gasteiger partial charge is 0.349 e. The summed E-state index contributed by atoms with van der Waals surface area (Å²) in [6.45, 7) is 3.55. The van der Waals surface area contributed by atoms with Crippen molar-refractivity contribution in [3.05, 3.63) is 34.6 Å². The number of nitrogens with one attached hydrogen (secondary N) is 1. The highest BCUT2D eigenvalue weighted by Gasteiger charge is 2.13. The van der Waals surface area contributed by atoms with Crippen LogP contribution in [0.1, 0.15) is 31.9 Å². The highest BCUT2D eigenvalue weighted by Crippen LogP contribution is 2.23. The molecule has 1 rings (SSSR count). The van der Waals surface area contributed by atoms with Crippen molar-refractivity contribution in [3.8, 4) is 0 Å². The summed E-state index contributed by atoms with van der Waals surface area (Å²) in [7, 11) is 0. The van der Waals surface area contributed by atoms with Gasteiger partial charge in [-0.15, -0.1) is 12.4 Å². The van der Waals surface area contributed by atoms with Crippen LogP contribution < -0.4 is 11.1 Å². The summed E-state index contributed by atoms with van der Waals surface area (Å²) < 4.78 is 12.9. The van der Waals surface area contributed by atoms with Crippen molar-refractivity contribution in [1.82, 2.24) is 5.32 Å². The molecular formula is C12H17Cl2FN2O. The Kier molecular flexibility index (Phi) is 7.21. The topological polar surface area (TPSA) is 55.1 Å². The van der Waals surface area contributed by atoms with Crippen LogP contribution in [0.4, 0.5) is 4.39 Å². The minimum absolute atomic E-state index is 0. The molecule has 102 valence electrons. The van der Waals surface area contributed by atoms with E-state index in [9.17, 15) is 9.18 Å². The molecule has 2 unspecified atom stereocenters. The summed E-state index contributed by atoms with van der Waals surface area (Å²) in [5.41, 5.74) is 6.21. The molecule has 0 aliphatic rings. The average Bonchev–Trinajstić information content (AvgIpc) is 2.15. The highest BCUT2D eigenvalue weighted by atomic mass is 35.5. The summed E-state index contributed by atoms with van der Waals surface area (Å²) in [4.78, 5) is 11.5. The van der Waals surface area contributed by atoms with E-state index >= 15 is 0 Å². The highest BCUT2D eigenvalue weighted by molar-refractivity contribution is 6.31. The van der Waals surface area contributed by atoms with Crippen molar-refractivity contribution in [1.29, 1.82) is 0 Å². The molecule has 0 aromatic heterocycles. The monoisotopic (exact) mass is 294 g/mol. The van der Waals surface area contributed by atoms with Crippen molar-refractivity contribution in [3.63, 3.8) is 0 Å². The number of halogens is 3. The Morgan fingerprint density at radius 1 is 1.50 bits per heavy atom. The lowest BCUT2D eigenvalue weighted by Crippen LogP contribution is -2.31. The molecule has 0 radical (unpaired) electrons. The van der Waals surface area contributed by atoms with Crippen LogP contribution in [0.15, 0.2) is 18.2 Å². The molecule has 0 bridgehead atoms. The van der Waals surface area contributed by atoms with Crippen LogP contribution in [-0.2, 0) is 4.79 Å². The van der Waals surface area contributed by atoms with Crippen molar-refractivity contribution >= 4 is 29.9 Å². The fraction of sp³-hybridized carbons (Fsp3) is 0.417. The van der Waals surface area contributed by atoms with Gasteiger partial charge in [0, 0.05) is 17.5 Å². The molecule has 0 aliphatic heterocycles. The van der Waals surface area contributed by atoms with E-state index < -0.39 is 5.82 Å². The normalized spacial score (nSPS) is 13.4. The first-order valence-corrected chi connectivity index (χ1v) is 5.78. The fourth-order valence-corrected chi connectivity index (χ4v) is 1.85. The lowest BCUT2D eigenvalue weighted by molar-refractivity contribution is -0.121. The molecular weight excluding hydrogens is 278 g/mol. The molecule has 1 aromatic rings. The van der Waals surface area contributed by atoms with Crippen LogP contribution in [0.25, 0.3) is 0 Å². The Labute approximate surface area is 117 Å². The van der Waals surface area contributed by atoms with Crippen molar-refractivity contribution < 1.29 is 9.18 Å². The van der Waals surface area contributed by atoms with Crippen LogP contribution >= 0.6 is 24.0 Å². The van der Waals surface area contributed by atoms with Crippen LogP contribution in [0.5, 0.6) is 0 Å². The quantitative estimate of drug-likeness (QED) is 0.897. The molecule has 18 heavy (non-hydrogen) atoms. The number of carbonyl (C=O) groups excluding carboxylic acids is 1. The molecule has 0 saturated carbocycles. The lowest BCUT2D eigenvalue weighted by Gasteiger charge is -2.16. The van der Waals surface area contributed by atoms with E-state index in [1.54, 1.807) is 19.9 Å². The molecule has 2 atom stereocenters. The van der Waals surface area contributed by atoms with E-state index in [-0.39, 0.29) is 36.8 Å². The molecule has 0 heterocycles. The zero-order valence-corrected chi connectivity index (χ0v) is 11.8. The number of benzene rings is 1. The smallest absolute Gasteiger partial charge is 0.222 e. The van der Waals surface area contributed by atoms with Crippen LogP contribution in [0, 0.1) is 5.82 Å². The third kappa shape index (κ3) is 5.21. The Morgan fingerprint density at radius 3 is 2.61 bits per heavy atom. The Bertz CT molecular complexity index is 413. The molecule has 1 aromatic carbocycles. The maximum absolute atomic E-state index is 12.9. The van der Waals surface area contributed by atoms with Crippen molar-refractivity contribution in [2.45, 2.75) is 32.4 Å². The van der Waals surface area contributed by atoms with E-state index in [1.807, 2.05) is 0 Å². The van der Waals surface area contributed by atoms with Gasteiger partial charge in [-0.1, -0.05) is 17.7 Å². The van der Waals surface area contributed by atoms with Gasteiger partial charge in [0.2, 0.25) is 5.91 Å². The lowest BCUT2D eigenvalue weighted by atomic mass is 10.1. The second-order valence-corrected chi connectivity index (χ2v) is 4.54. The number of hydrogen-bond donors (Lipinski definition) is 2. The van der Waals surface area contributed by atoms with Gasteiger partial charge in [0.05, 0.1) is 6.04 Å². The fourth-order valence-electron chi connectivity index (χ4n) is 1.52. The average molecular weight is 295 g/mol. The van der Waals surface area contributed by atoms with E-state index in [0.717, 1.165) is 0 Å². The second kappa shape index (κ2) is 7.56. The van der Waals surface area contributed by atoms with E-state index in [0.29, 0.717) is 10.6 Å². The van der Waals surface area contributed by atoms with E-state index in [2.05, 4.69) is 5.32 Å². The summed E-state index contributed by atoms with van der Waals surface area (Å²) in [5.74, 6) is -0.541. The third-order valence-electron chi connectivity index (χ3n) is 2.31. The predicted molar refractivity (Wildman–Crippen MR) is 73.5 cm³/mol. The first kappa shape index (κ1) is 17.2. The Morgan fingerprint density at radius 2 is 2.11 bits per heavy atom. The predicted octanol–water partition coefficient (Wildman–Crippen LogP) is 2.82. The molecule has 0 aliphatic carbocycles. The van der Waals surface area contributed by atoms with E-state index in [4.69, 9.17) is 17.3 Å². The number of hydrogen-bond acceptors (Lipinski definition) is 2. The molecule has 6 heteroatoms. The first-order chi connectivity index (χ1) is 7.90. The summed E-state index contributed by atoms with van der Waals surface area (Å²) >= 11 is 5.90. The minimum Gasteiger partial charge on any atom is -0.349 e. The summed E-state index contributed by atoms with van der Waals surface area (Å²) in [5, 5.41) is 3.07. The van der Waals surface area contributed by atoms with Gasteiger partial charge in [0.15, 0.2) is 0 Å². The zero-order chi connectivity index (χ0) is 13.0. The summed E-state index contributed by atoms with van der Waals surface area (Å²) in [6, 6.07) is 3.65. The van der Waals surface area contributed by atoms with Crippen molar-refractivity contribution in [2.75, 3.05) is 0 Å². The van der Waals surface area contributed by atoms with Gasteiger partial charge in [0.1, 0.15) is 5.82 Å². The van der Waals surface area contributed by atoms with Crippen LogP contribution in [0.2, 0.25) is 5.02 Å². The Hall–Kier alpha value is -0.840. The van der Waals surface area contributed by atoms with Gasteiger partial charge < -0.3 is 11.1 Å². The third-order valence-corrected chi connectivity index (χ3v) is 2.64. The number of amides is 1. The number of carbonyl (C=O) groups is 1. The van der Waals surface area contributed by atoms with Gasteiger partial charge in [-0.2, -0.15) is 0 Å². The van der Waals surface area contributed by atoms with Gasteiger partial charge in [-0.3, -0.25) is 4.79 Å². The number of nitrogens with two attached hydrogens (primary N) is 1. The van der Waals surface area contributed by atoms with Gasteiger partial charge in [0.25, 0.3) is 0 Å². The zero-order valence-electron chi connectivity index (χ0n) is 10.2. The Balaban J connectivity index is 0.00000289. The second-order valence-electron chi connectivity index (χ2n) is 4.14. The molecule has 3 N–H and O–H groups in total. The maximum Gasteiger partial charge on any atom is 0.222 e. The van der Waals surface area contributed by atoms with Crippen molar-refractivity contribution in [2.24, 2.45) is 5.73 Å². The summed E-state index contributed by atoms with van der Waals surface area (Å²) in [6.07, 6.45) is 0.253. The van der Waals surface area contributed by atoms with E-state index in [1.165, 1.54) is 12.1 Å². The molecule has 0 spiro atoms. The molecule has 0 saturated heterocycles. The van der Waals surface area contributed by atoms with Gasteiger partial charge in [-0.25, -0.2) is 4.39 Å². The van der Waals surface area contributed by atoms with Gasteiger partial charge in [-0.05, 0) is 31.5 Å². The van der Waals surface area contributed by atoms with Crippen LogP contribution in [-0.4, -0.2) is 11.9 Å². The minimum atomic E-state index is -0.396. The van der Waals surface area contributed by atoms with Crippen LogP contribution in [0.3, 0.4) is 0 Å². The van der Waals surface area contributed by atoms with Gasteiger partial charge >= 0.3 is 0 Å². The SMILES string of the molecule is CC(N)CC(=O)NC(C)c1ccc(F)cc1Cl.Cl. The number of rotatable bonds is 4.